The van der Waals surface area contributed by atoms with Gasteiger partial charge in [-0.25, -0.2) is 4.68 Å². The van der Waals surface area contributed by atoms with Gasteiger partial charge in [0.15, 0.2) is 5.82 Å². The van der Waals surface area contributed by atoms with E-state index in [4.69, 9.17) is 17.3 Å². The molecule has 0 fully saturated rings. The maximum absolute atomic E-state index is 6.06. The molecule has 0 saturated heterocycles. The molecule has 1 aliphatic heterocycles. The van der Waals surface area contributed by atoms with Gasteiger partial charge in [0.2, 0.25) is 5.16 Å². The number of benzene rings is 1. The molecule has 7 heteroatoms. The van der Waals surface area contributed by atoms with Crippen molar-refractivity contribution in [2.75, 3.05) is 5.43 Å². The molecule has 0 bridgehead atoms. The van der Waals surface area contributed by atoms with Crippen molar-refractivity contribution in [3.05, 3.63) is 45.6 Å². The number of fused-ring (bicyclic) bond motifs is 1. The Morgan fingerprint density at radius 2 is 2.20 bits per heavy atom. The predicted octanol–water partition coefficient (Wildman–Crippen LogP) is 2.91. The van der Waals surface area contributed by atoms with Crippen LogP contribution in [0.25, 0.3) is 5.70 Å². The number of halogens is 1. The van der Waals surface area contributed by atoms with Gasteiger partial charge in [0.05, 0.1) is 11.7 Å². The molecular formula is C13H14ClN5S. The van der Waals surface area contributed by atoms with Crippen molar-refractivity contribution in [1.82, 2.24) is 14.9 Å². The average Bonchev–Trinajstić information content (AvgIpc) is 2.85. The molecule has 3 rings (SSSR count). The fourth-order valence-electron chi connectivity index (χ4n) is 1.96. The largest absolute Gasteiger partial charge is 0.321 e. The summed E-state index contributed by atoms with van der Waals surface area (Å²) in [5.41, 5.74) is 12.3. The fourth-order valence-corrected chi connectivity index (χ4v) is 2.82. The molecule has 1 aromatic carbocycles. The molecule has 0 unspecified atom stereocenters. The first-order valence-electron chi connectivity index (χ1n) is 6.17. The molecule has 5 nitrogen and oxygen atoms in total. The van der Waals surface area contributed by atoms with Crippen LogP contribution in [0.4, 0.5) is 0 Å². The Labute approximate surface area is 126 Å². The third-order valence-electron chi connectivity index (χ3n) is 3.05. The van der Waals surface area contributed by atoms with E-state index in [1.165, 1.54) is 11.8 Å². The number of nitrogens with zero attached hydrogens (tertiary/aromatic N) is 3. The van der Waals surface area contributed by atoms with Crippen molar-refractivity contribution in [3.8, 4) is 0 Å². The zero-order valence-corrected chi connectivity index (χ0v) is 12.7. The van der Waals surface area contributed by atoms with Crippen LogP contribution in [0, 0.1) is 6.92 Å². The van der Waals surface area contributed by atoms with Crippen molar-refractivity contribution in [2.24, 2.45) is 5.73 Å². The molecule has 104 valence electrons. The molecule has 0 aliphatic carbocycles. The number of hydrogen-bond acceptors (Lipinski definition) is 5. The second-order valence-electron chi connectivity index (χ2n) is 4.69. The van der Waals surface area contributed by atoms with Gasteiger partial charge in [-0.1, -0.05) is 29.4 Å². The second-order valence-corrected chi connectivity index (χ2v) is 5.93. The lowest BCUT2D eigenvalue weighted by atomic mass is 10.1. The highest BCUT2D eigenvalue weighted by atomic mass is 35.5. The van der Waals surface area contributed by atoms with Gasteiger partial charge in [-0.3, -0.25) is 5.43 Å². The summed E-state index contributed by atoms with van der Waals surface area (Å²) in [6, 6.07) is 5.74. The highest BCUT2D eigenvalue weighted by molar-refractivity contribution is 8.02. The molecule has 3 N–H and O–H groups in total. The molecule has 0 spiro atoms. The Bertz CT molecular complexity index is 692. The second kappa shape index (κ2) is 5.12. The normalized spacial score (nSPS) is 15.3. The number of hydrogen-bond donors (Lipinski definition) is 2. The van der Waals surface area contributed by atoms with Crippen LogP contribution in [0.5, 0.6) is 0 Å². The first-order chi connectivity index (χ1) is 9.56. The topological polar surface area (TPSA) is 68.8 Å². The van der Waals surface area contributed by atoms with E-state index in [9.17, 15) is 0 Å². The molecule has 1 aliphatic rings. The van der Waals surface area contributed by atoms with E-state index in [0.717, 1.165) is 27.0 Å². The van der Waals surface area contributed by atoms with Crippen LogP contribution < -0.4 is 11.2 Å². The van der Waals surface area contributed by atoms with E-state index < -0.39 is 0 Å². The molecule has 1 atom stereocenters. The summed E-state index contributed by atoms with van der Waals surface area (Å²) >= 11 is 7.58. The van der Waals surface area contributed by atoms with Crippen molar-refractivity contribution in [2.45, 2.75) is 25.0 Å². The summed E-state index contributed by atoms with van der Waals surface area (Å²) in [6.45, 7) is 3.87. The number of aromatic nitrogens is 3. The van der Waals surface area contributed by atoms with Gasteiger partial charge in [0.1, 0.15) is 0 Å². The van der Waals surface area contributed by atoms with Crippen LogP contribution in [0.15, 0.2) is 28.8 Å². The Hall–Kier alpha value is -1.50. The maximum Gasteiger partial charge on any atom is 0.214 e. The van der Waals surface area contributed by atoms with E-state index in [0.29, 0.717) is 5.82 Å². The maximum atomic E-state index is 6.06. The van der Waals surface area contributed by atoms with E-state index in [1.54, 1.807) is 0 Å². The minimum absolute atomic E-state index is 0.185. The molecular weight excluding hydrogens is 294 g/mol. The summed E-state index contributed by atoms with van der Waals surface area (Å²) in [7, 11) is 0. The summed E-state index contributed by atoms with van der Waals surface area (Å²) in [6.07, 6.45) is 0. The van der Waals surface area contributed by atoms with Crippen molar-refractivity contribution >= 4 is 29.1 Å². The Morgan fingerprint density at radius 1 is 1.40 bits per heavy atom. The fraction of sp³-hybridized carbons (Fsp3) is 0.231. The standard InChI is InChI=1S/C13H14ClN5S/c1-7-5-9(3-4-10(7)14)11-6-20-13-17-16-12(8(2)15)19(13)18-11/h3-6,8,18H,15H2,1-2H3/t8-/m0/s1. The number of thioether (sulfide) groups is 1. The van der Waals surface area contributed by atoms with Gasteiger partial charge in [-0.2, -0.15) is 0 Å². The van der Waals surface area contributed by atoms with Crippen LogP contribution in [0.1, 0.15) is 29.9 Å². The minimum atomic E-state index is -0.185. The minimum Gasteiger partial charge on any atom is -0.321 e. The number of nitrogens with two attached hydrogens (primary N) is 1. The van der Waals surface area contributed by atoms with Gasteiger partial charge in [-0.05, 0) is 31.5 Å². The van der Waals surface area contributed by atoms with Crippen LogP contribution in [-0.2, 0) is 0 Å². The van der Waals surface area contributed by atoms with Gasteiger partial charge in [-0.15, -0.1) is 10.2 Å². The zero-order valence-electron chi connectivity index (χ0n) is 11.1. The average molecular weight is 308 g/mol. The number of rotatable bonds is 2. The SMILES string of the molecule is Cc1cc(C2=CSc3nnc([C@H](C)N)n3N2)ccc1Cl. The molecule has 20 heavy (non-hydrogen) atoms. The zero-order chi connectivity index (χ0) is 14.3. The smallest absolute Gasteiger partial charge is 0.214 e. The summed E-state index contributed by atoms with van der Waals surface area (Å²) in [5, 5.41) is 11.8. The molecule has 2 aromatic rings. The molecule has 1 aromatic heterocycles. The summed E-state index contributed by atoms with van der Waals surface area (Å²) in [4.78, 5) is 0. The van der Waals surface area contributed by atoms with Crippen LogP contribution in [0.2, 0.25) is 5.02 Å². The quantitative estimate of drug-likeness (QED) is 0.893. The molecule has 0 saturated carbocycles. The van der Waals surface area contributed by atoms with E-state index in [-0.39, 0.29) is 6.04 Å². The van der Waals surface area contributed by atoms with Gasteiger partial charge in [0.25, 0.3) is 0 Å². The summed E-state index contributed by atoms with van der Waals surface area (Å²) < 4.78 is 1.83. The van der Waals surface area contributed by atoms with Crippen LogP contribution in [0.3, 0.4) is 0 Å². The lowest BCUT2D eigenvalue weighted by Gasteiger charge is -2.20. The third kappa shape index (κ3) is 2.30. The van der Waals surface area contributed by atoms with E-state index in [1.807, 2.05) is 42.1 Å². The first-order valence-corrected chi connectivity index (χ1v) is 7.43. The number of aryl methyl sites for hydroxylation is 1. The Balaban J connectivity index is 1.95. The lowest BCUT2D eigenvalue weighted by Crippen LogP contribution is -2.23. The molecule has 0 radical (unpaired) electrons. The highest BCUT2D eigenvalue weighted by Gasteiger charge is 2.20. The van der Waals surface area contributed by atoms with Crippen LogP contribution in [-0.4, -0.2) is 14.9 Å². The van der Waals surface area contributed by atoms with E-state index in [2.05, 4.69) is 15.6 Å². The monoisotopic (exact) mass is 307 g/mol. The van der Waals surface area contributed by atoms with Gasteiger partial charge in [0, 0.05) is 16.0 Å². The van der Waals surface area contributed by atoms with Crippen molar-refractivity contribution in [3.63, 3.8) is 0 Å². The first kappa shape index (κ1) is 13.5. The highest BCUT2D eigenvalue weighted by Crippen LogP contribution is 2.30. The van der Waals surface area contributed by atoms with Crippen molar-refractivity contribution in [1.29, 1.82) is 0 Å². The lowest BCUT2D eigenvalue weighted by molar-refractivity contribution is 0.678. The van der Waals surface area contributed by atoms with Crippen molar-refractivity contribution < 1.29 is 0 Å². The number of nitrogens with one attached hydrogen (secondary N) is 1. The predicted molar refractivity (Wildman–Crippen MR) is 82.0 cm³/mol. The van der Waals surface area contributed by atoms with Gasteiger partial charge < -0.3 is 5.73 Å². The van der Waals surface area contributed by atoms with Crippen LogP contribution >= 0.6 is 23.4 Å². The molecule has 2 heterocycles. The summed E-state index contributed by atoms with van der Waals surface area (Å²) in [5.74, 6) is 0.712. The van der Waals surface area contributed by atoms with Gasteiger partial charge >= 0.3 is 0 Å². The van der Waals surface area contributed by atoms with E-state index >= 15 is 0 Å². The Kier molecular flexibility index (Phi) is 3.45. The molecule has 0 amide bonds. The Morgan fingerprint density at radius 3 is 2.90 bits per heavy atom. The third-order valence-corrected chi connectivity index (χ3v) is 4.30.